The summed E-state index contributed by atoms with van der Waals surface area (Å²) in [6.07, 6.45) is 4.80. The summed E-state index contributed by atoms with van der Waals surface area (Å²) in [5, 5.41) is 11.4. The maximum absolute atomic E-state index is 11.3. The molecule has 106 valence electrons. The highest BCUT2D eigenvalue weighted by Crippen LogP contribution is 2.18. The van der Waals surface area contributed by atoms with Gasteiger partial charge >= 0.3 is 0 Å². The summed E-state index contributed by atoms with van der Waals surface area (Å²) in [6, 6.07) is 7.33. The normalized spacial score (nSPS) is 10.2. The van der Waals surface area contributed by atoms with Crippen LogP contribution in [0.25, 0.3) is 0 Å². The summed E-state index contributed by atoms with van der Waals surface area (Å²) in [5.41, 5.74) is 0.699. The summed E-state index contributed by atoms with van der Waals surface area (Å²) in [4.78, 5) is 11.3. The number of hydrogen-bond acceptors (Lipinski definition) is 3. The molecule has 0 aliphatic heterocycles. The molecule has 0 aliphatic rings. The fourth-order valence-electron chi connectivity index (χ4n) is 1.71. The van der Waals surface area contributed by atoms with Gasteiger partial charge < -0.3 is 15.2 Å². The molecule has 0 aliphatic carbocycles. The van der Waals surface area contributed by atoms with E-state index in [1.54, 1.807) is 12.1 Å². The van der Waals surface area contributed by atoms with Gasteiger partial charge in [-0.1, -0.05) is 32.3 Å². The standard InChI is InChI=1S/C15H23NO3/c1-2-3-4-5-11-19-14-8-6-7-13(12-14)16-15(18)9-10-17/h6-8,12,17H,2-5,9-11H2,1H3,(H,16,18). The Labute approximate surface area is 114 Å². The number of aliphatic hydroxyl groups excluding tert-OH is 1. The molecule has 2 N–H and O–H groups in total. The van der Waals surface area contributed by atoms with Crippen LogP contribution < -0.4 is 10.1 Å². The van der Waals surface area contributed by atoms with E-state index in [9.17, 15) is 4.79 Å². The van der Waals surface area contributed by atoms with Crippen molar-refractivity contribution >= 4 is 11.6 Å². The van der Waals surface area contributed by atoms with Crippen LogP contribution >= 0.6 is 0 Å². The average Bonchev–Trinajstić information content (AvgIpc) is 2.39. The number of carbonyl (C=O) groups is 1. The van der Waals surface area contributed by atoms with Gasteiger partial charge in [-0.05, 0) is 18.6 Å². The van der Waals surface area contributed by atoms with Crippen LogP contribution in [-0.4, -0.2) is 24.2 Å². The fraction of sp³-hybridized carbons (Fsp3) is 0.533. The van der Waals surface area contributed by atoms with Crippen molar-refractivity contribution in [2.45, 2.75) is 39.0 Å². The summed E-state index contributed by atoms with van der Waals surface area (Å²) >= 11 is 0. The quantitative estimate of drug-likeness (QED) is 0.675. The monoisotopic (exact) mass is 265 g/mol. The first-order chi connectivity index (χ1) is 9.26. The lowest BCUT2D eigenvalue weighted by atomic mass is 10.2. The molecule has 0 radical (unpaired) electrons. The first-order valence-corrected chi connectivity index (χ1v) is 6.90. The molecule has 0 saturated carbocycles. The van der Waals surface area contributed by atoms with Crippen LogP contribution in [0.3, 0.4) is 0 Å². The number of rotatable bonds is 9. The van der Waals surface area contributed by atoms with E-state index >= 15 is 0 Å². The van der Waals surface area contributed by atoms with Crippen molar-refractivity contribution in [3.8, 4) is 5.75 Å². The van der Waals surface area contributed by atoms with Crippen LogP contribution in [0, 0.1) is 0 Å². The first kappa shape index (κ1) is 15.5. The van der Waals surface area contributed by atoms with Crippen molar-refractivity contribution in [2.75, 3.05) is 18.5 Å². The second-order valence-corrected chi connectivity index (χ2v) is 4.46. The molecule has 1 aromatic rings. The Hall–Kier alpha value is -1.55. The maximum Gasteiger partial charge on any atom is 0.226 e. The zero-order valence-corrected chi connectivity index (χ0v) is 11.5. The van der Waals surface area contributed by atoms with Gasteiger partial charge in [-0.15, -0.1) is 0 Å². The minimum absolute atomic E-state index is 0.113. The Morgan fingerprint density at radius 2 is 2.16 bits per heavy atom. The highest BCUT2D eigenvalue weighted by atomic mass is 16.5. The van der Waals surface area contributed by atoms with Crippen LogP contribution in [0.5, 0.6) is 5.75 Å². The van der Waals surface area contributed by atoms with E-state index in [1.165, 1.54) is 19.3 Å². The molecule has 0 atom stereocenters. The molecule has 0 heterocycles. The smallest absolute Gasteiger partial charge is 0.226 e. The first-order valence-electron chi connectivity index (χ1n) is 6.90. The number of amides is 1. The molecule has 1 amide bonds. The largest absolute Gasteiger partial charge is 0.494 e. The lowest BCUT2D eigenvalue weighted by Gasteiger charge is -2.08. The van der Waals surface area contributed by atoms with Gasteiger partial charge in [0.25, 0.3) is 0 Å². The molecule has 0 unspecified atom stereocenters. The van der Waals surface area contributed by atoms with Crippen LogP contribution in [0.2, 0.25) is 0 Å². The Kier molecular flexibility index (Phi) is 7.66. The zero-order valence-electron chi connectivity index (χ0n) is 11.5. The predicted octanol–water partition coefficient (Wildman–Crippen LogP) is 2.97. The van der Waals surface area contributed by atoms with Gasteiger partial charge in [-0.25, -0.2) is 0 Å². The zero-order chi connectivity index (χ0) is 13.9. The molecule has 1 aromatic carbocycles. The number of hydrogen-bond donors (Lipinski definition) is 2. The molecule has 0 spiro atoms. The molecular weight excluding hydrogens is 242 g/mol. The van der Waals surface area contributed by atoms with Gasteiger partial charge in [0.2, 0.25) is 5.91 Å². The van der Waals surface area contributed by atoms with Gasteiger partial charge in [0, 0.05) is 11.8 Å². The Morgan fingerprint density at radius 3 is 2.89 bits per heavy atom. The molecule has 4 nitrogen and oxygen atoms in total. The maximum atomic E-state index is 11.3. The summed E-state index contributed by atoms with van der Waals surface area (Å²) < 4.78 is 5.63. The highest BCUT2D eigenvalue weighted by molar-refractivity contribution is 5.90. The Morgan fingerprint density at radius 1 is 1.32 bits per heavy atom. The molecule has 0 aromatic heterocycles. The number of nitrogens with one attached hydrogen (secondary N) is 1. The lowest BCUT2D eigenvalue weighted by molar-refractivity contribution is -0.116. The van der Waals surface area contributed by atoms with Crippen molar-refractivity contribution in [3.63, 3.8) is 0 Å². The van der Waals surface area contributed by atoms with Crippen molar-refractivity contribution in [1.82, 2.24) is 0 Å². The van der Waals surface area contributed by atoms with Gasteiger partial charge in [-0.2, -0.15) is 0 Å². The van der Waals surface area contributed by atoms with Crippen LogP contribution in [0.15, 0.2) is 24.3 Å². The summed E-state index contributed by atoms with van der Waals surface area (Å²) in [7, 11) is 0. The molecule has 0 bridgehead atoms. The summed E-state index contributed by atoms with van der Waals surface area (Å²) in [6.45, 7) is 2.74. The van der Waals surface area contributed by atoms with Crippen molar-refractivity contribution in [3.05, 3.63) is 24.3 Å². The van der Waals surface area contributed by atoms with Crippen molar-refractivity contribution in [2.24, 2.45) is 0 Å². The van der Waals surface area contributed by atoms with Crippen LogP contribution in [0.4, 0.5) is 5.69 Å². The molecule has 19 heavy (non-hydrogen) atoms. The number of aliphatic hydroxyl groups is 1. The van der Waals surface area contributed by atoms with E-state index in [2.05, 4.69) is 12.2 Å². The Balaban J connectivity index is 2.37. The Bertz CT molecular complexity index is 379. The number of unbranched alkanes of at least 4 members (excludes halogenated alkanes) is 3. The van der Waals surface area contributed by atoms with Gasteiger partial charge in [-0.3, -0.25) is 4.79 Å². The van der Waals surface area contributed by atoms with Crippen LogP contribution in [0.1, 0.15) is 39.0 Å². The minimum Gasteiger partial charge on any atom is -0.494 e. The molecule has 1 rings (SSSR count). The van der Waals surface area contributed by atoms with Crippen molar-refractivity contribution in [1.29, 1.82) is 0 Å². The topological polar surface area (TPSA) is 58.6 Å². The second-order valence-electron chi connectivity index (χ2n) is 4.46. The third kappa shape index (κ3) is 6.82. The number of ether oxygens (including phenoxy) is 1. The predicted molar refractivity (Wildman–Crippen MR) is 76.4 cm³/mol. The molecule has 0 fully saturated rings. The van der Waals surface area contributed by atoms with Gasteiger partial charge in [0.15, 0.2) is 0 Å². The number of benzene rings is 1. The van der Waals surface area contributed by atoms with Gasteiger partial charge in [0.1, 0.15) is 5.75 Å². The minimum atomic E-state index is -0.192. The van der Waals surface area contributed by atoms with E-state index < -0.39 is 0 Å². The molecule has 4 heteroatoms. The van der Waals surface area contributed by atoms with E-state index in [0.717, 1.165) is 12.2 Å². The van der Waals surface area contributed by atoms with Crippen LogP contribution in [-0.2, 0) is 4.79 Å². The molecule has 0 saturated heterocycles. The third-order valence-electron chi connectivity index (χ3n) is 2.72. The number of anilines is 1. The van der Waals surface area contributed by atoms with Crippen molar-refractivity contribution < 1.29 is 14.6 Å². The fourth-order valence-corrected chi connectivity index (χ4v) is 1.71. The van der Waals surface area contributed by atoms with E-state index in [-0.39, 0.29) is 18.9 Å². The number of carbonyl (C=O) groups excluding carboxylic acids is 1. The highest BCUT2D eigenvalue weighted by Gasteiger charge is 2.02. The second kappa shape index (κ2) is 9.39. The average molecular weight is 265 g/mol. The van der Waals surface area contributed by atoms with Gasteiger partial charge in [0.05, 0.1) is 19.6 Å². The molecular formula is C15H23NO3. The summed E-state index contributed by atoms with van der Waals surface area (Å²) in [5.74, 6) is 0.570. The van der Waals surface area contributed by atoms with E-state index in [1.807, 2.05) is 12.1 Å². The lowest BCUT2D eigenvalue weighted by Crippen LogP contribution is -2.12. The van der Waals surface area contributed by atoms with E-state index in [4.69, 9.17) is 9.84 Å². The van der Waals surface area contributed by atoms with E-state index in [0.29, 0.717) is 12.3 Å². The SMILES string of the molecule is CCCCCCOc1cccc(NC(=O)CCO)c1. The third-order valence-corrected chi connectivity index (χ3v) is 2.72.